The molecule has 1 aromatic carbocycles. The maximum atomic E-state index is 11.0. The average Bonchev–Trinajstić information content (AvgIpc) is 2.51. The summed E-state index contributed by atoms with van der Waals surface area (Å²) in [6.07, 6.45) is 2.55. The molecular formula is C14H17N5O2. The van der Waals surface area contributed by atoms with E-state index in [1.54, 1.807) is 12.3 Å². The van der Waals surface area contributed by atoms with Gasteiger partial charge < -0.3 is 10.6 Å². The van der Waals surface area contributed by atoms with Crippen LogP contribution < -0.4 is 10.6 Å². The number of nitro benzene ring substituents is 1. The van der Waals surface area contributed by atoms with Crippen LogP contribution in [0.1, 0.15) is 19.0 Å². The Balaban J connectivity index is 2.13. The number of hydrogen-bond acceptors (Lipinski definition) is 6. The average molecular weight is 287 g/mol. The molecule has 7 nitrogen and oxygen atoms in total. The first-order valence-corrected chi connectivity index (χ1v) is 6.73. The molecule has 1 aromatic heterocycles. The zero-order chi connectivity index (χ0) is 15.1. The highest BCUT2D eigenvalue weighted by Crippen LogP contribution is 2.24. The predicted molar refractivity (Wildman–Crippen MR) is 81.2 cm³/mol. The summed E-state index contributed by atoms with van der Waals surface area (Å²) in [7, 11) is 0. The smallest absolute Gasteiger partial charge is 0.273 e. The molecular weight excluding hydrogens is 270 g/mol. The van der Waals surface area contributed by atoms with Gasteiger partial charge >= 0.3 is 0 Å². The van der Waals surface area contributed by atoms with Crippen LogP contribution in [0, 0.1) is 10.1 Å². The minimum atomic E-state index is -0.398. The van der Waals surface area contributed by atoms with Crippen molar-refractivity contribution in [3.63, 3.8) is 0 Å². The summed E-state index contributed by atoms with van der Waals surface area (Å²) in [4.78, 5) is 10.6. The van der Waals surface area contributed by atoms with Crippen LogP contribution in [0.4, 0.5) is 17.1 Å². The van der Waals surface area contributed by atoms with Gasteiger partial charge in [-0.2, -0.15) is 10.2 Å². The number of rotatable bonds is 7. The standard InChI is InChI=1S/C14H17N5O2/c1-2-5-15-12-7-13(9-14(8-12)19(20)21)16-10-11-4-3-6-17-18-11/h3-4,6-9,15-16H,2,5,10H2,1H3. The first kappa shape index (κ1) is 14.7. The van der Waals surface area contributed by atoms with Crippen molar-refractivity contribution >= 4 is 17.1 Å². The Morgan fingerprint density at radius 2 is 2.00 bits per heavy atom. The van der Waals surface area contributed by atoms with E-state index in [9.17, 15) is 10.1 Å². The lowest BCUT2D eigenvalue weighted by atomic mass is 10.2. The molecule has 0 aliphatic carbocycles. The molecule has 0 amide bonds. The van der Waals surface area contributed by atoms with Crippen LogP contribution in [0.5, 0.6) is 0 Å². The lowest BCUT2D eigenvalue weighted by molar-refractivity contribution is -0.384. The zero-order valence-electron chi connectivity index (χ0n) is 11.7. The van der Waals surface area contributed by atoms with E-state index >= 15 is 0 Å². The van der Waals surface area contributed by atoms with Crippen molar-refractivity contribution in [2.75, 3.05) is 17.2 Å². The Bertz CT molecular complexity index is 604. The highest BCUT2D eigenvalue weighted by molar-refractivity contribution is 5.63. The van der Waals surface area contributed by atoms with E-state index in [-0.39, 0.29) is 5.69 Å². The third-order valence-corrected chi connectivity index (χ3v) is 2.81. The van der Waals surface area contributed by atoms with Gasteiger partial charge in [-0.05, 0) is 24.6 Å². The summed E-state index contributed by atoms with van der Waals surface area (Å²) in [5, 5.41) is 25.0. The maximum absolute atomic E-state index is 11.0. The van der Waals surface area contributed by atoms with Gasteiger partial charge in [0, 0.05) is 36.2 Å². The third kappa shape index (κ3) is 4.41. The fourth-order valence-corrected chi connectivity index (χ4v) is 1.81. The molecule has 1 heterocycles. The van der Waals surface area contributed by atoms with E-state index in [0.29, 0.717) is 12.2 Å². The summed E-state index contributed by atoms with van der Waals surface area (Å²) in [6, 6.07) is 8.52. The number of nitrogens with zero attached hydrogens (tertiary/aromatic N) is 3. The van der Waals surface area contributed by atoms with Gasteiger partial charge in [0.05, 0.1) is 17.2 Å². The van der Waals surface area contributed by atoms with E-state index in [0.717, 1.165) is 24.3 Å². The van der Waals surface area contributed by atoms with Crippen LogP contribution in [0.15, 0.2) is 36.5 Å². The molecule has 0 unspecified atom stereocenters. The quantitative estimate of drug-likeness (QED) is 0.601. The maximum Gasteiger partial charge on any atom is 0.273 e. The van der Waals surface area contributed by atoms with Crippen molar-refractivity contribution in [3.05, 3.63) is 52.3 Å². The summed E-state index contributed by atoms with van der Waals surface area (Å²) in [5.41, 5.74) is 2.23. The number of non-ortho nitro benzene ring substituents is 1. The van der Waals surface area contributed by atoms with Gasteiger partial charge in [-0.3, -0.25) is 10.1 Å². The number of anilines is 2. The summed E-state index contributed by atoms with van der Waals surface area (Å²) >= 11 is 0. The van der Waals surface area contributed by atoms with Crippen LogP contribution in [0.25, 0.3) is 0 Å². The largest absolute Gasteiger partial charge is 0.385 e. The van der Waals surface area contributed by atoms with Crippen molar-refractivity contribution in [1.29, 1.82) is 0 Å². The molecule has 2 aromatic rings. The van der Waals surface area contributed by atoms with E-state index in [4.69, 9.17) is 0 Å². The SMILES string of the molecule is CCCNc1cc(NCc2cccnn2)cc([N+](=O)[O-])c1. The molecule has 0 aliphatic rings. The Kier molecular flexibility index (Phi) is 5.03. The summed E-state index contributed by atoms with van der Waals surface area (Å²) in [5.74, 6) is 0. The normalized spacial score (nSPS) is 10.1. The molecule has 2 rings (SSSR count). The Morgan fingerprint density at radius 1 is 1.24 bits per heavy atom. The molecule has 0 fully saturated rings. The molecule has 0 atom stereocenters. The van der Waals surface area contributed by atoms with Crippen molar-refractivity contribution in [3.8, 4) is 0 Å². The van der Waals surface area contributed by atoms with Crippen molar-refractivity contribution in [2.45, 2.75) is 19.9 Å². The topological polar surface area (TPSA) is 93.0 Å². The van der Waals surface area contributed by atoms with Gasteiger partial charge in [-0.25, -0.2) is 0 Å². The molecule has 21 heavy (non-hydrogen) atoms. The molecule has 0 bridgehead atoms. The Morgan fingerprint density at radius 3 is 2.62 bits per heavy atom. The lowest BCUT2D eigenvalue weighted by Gasteiger charge is -2.09. The van der Waals surface area contributed by atoms with Gasteiger partial charge in [0.2, 0.25) is 0 Å². The number of nitro groups is 1. The number of benzene rings is 1. The van der Waals surface area contributed by atoms with E-state index in [1.165, 1.54) is 12.1 Å². The van der Waals surface area contributed by atoms with E-state index in [1.807, 2.05) is 19.1 Å². The van der Waals surface area contributed by atoms with Crippen LogP contribution in [-0.4, -0.2) is 21.7 Å². The van der Waals surface area contributed by atoms with Gasteiger partial charge in [0.25, 0.3) is 5.69 Å². The molecule has 0 aliphatic heterocycles. The minimum absolute atomic E-state index is 0.0535. The number of hydrogen-bond donors (Lipinski definition) is 2. The second-order valence-electron chi connectivity index (χ2n) is 4.52. The molecule has 0 saturated carbocycles. The summed E-state index contributed by atoms with van der Waals surface area (Å²) in [6.45, 7) is 3.27. The Hall–Kier alpha value is -2.70. The molecule has 2 N–H and O–H groups in total. The van der Waals surface area contributed by atoms with E-state index < -0.39 is 4.92 Å². The molecule has 0 saturated heterocycles. The van der Waals surface area contributed by atoms with Crippen molar-refractivity contribution in [1.82, 2.24) is 10.2 Å². The predicted octanol–water partition coefficient (Wildman–Crippen LogP) is 2.82. The fourth-order valence-electron chi connectivity index (χ4n) is 1.81. The van der Waals surface area contributed by atoms with Gasteiger partial charge in [-0.1, -0.05) is 6.92 Å². The highest BCUT2D eigenvalue weighted by Gasteiger charge is 2.09. The van der Waals surface area contributed by atoms with Crippen molar-refractivity contribution in [2.24, 2.45) is 0 Å². The monoisotopic (exact) mass is 287 g/mol. The molecule has 0 radical (unpaired) electrons. The second-order valence-corrected chi connectivity index (χ2v) is 4.52. The molecule has 0 spiro atoms. The first-order chi connectivity index (χ1) is 10.2. The molecule has 7 heteroatoms. The molecule has 110 valence electrons. The second kappa shape index (κ2) is 7.18. The zero-order valence-corrected chi connectivity index (χ0v) is 11.7. The first-order valence-electron chi connectivity index (χ1n) is 6.73. The minimum Gasteiger partial charge on any atom is -0.385 e. The lowest BCUT2D eigenvalue weighted by Crippen LogP contribution is -2.05. The summed E-state index contributed by atoms with van der Waals surface area (Å²) < 4.78 is 0. The third-order valence-electron chi connectivity index (χ3n) is 2.81. The van der Waals surface area contributed by atoms with Gasteiger partial charge in [0.1, 0.15) is 0 Å². The fraction of sp³-hybridized carbons (Fsp3) is 0.286. The van der Waals surface area contributed by atoms with E-state index in [2.05, 4.69) is 20.8 Å². The number of nitrogens with one attached hydrogen (secondary N) is 2. The van der Waals surface area contributed by atoms with Gasteiger partial charge in [0.15, 0.2) is 0 Å². The van der Waals surface area contributed by atoms with Crippen LogP contribution in [-0.2, 0) is 6.54 Å². The van der Waals surface area contributed by atoms with Crippen molar-refractivity contribution < 1.29 is 4.92 Å². The van der Waals surface area contributed by atoms with Crippen LogP contribution >= 0.6 is 0 Å². The Labute approximate surface area is 122 Å². The highest BCUT2D eigenvalue weighted by atomic mass is 16.6. The van der Waals surface area contributed by atoms with Crippen LogP contribution in [0.2, 0.25) is 0 Å². The van der Waals surface area contributed by atoms with Crippen LogP contribution in [0.3, 0.4) is 0 Å². The number of aromatic nitrogens is 2. The van der Waals surface area contributed by atoms with Gasteiger partial charge in [-0.15, -0.1) is 0 Å².